The van der Waals surface area contributed by atoms with E-state index in [0.29, 0.717) is 38.8 Å². The number of carboxylic acids is 1. The van der Waals surface area contributed by atoms with Crippen LogP contribution < -0.4 is 4.74 Å². The topological polar surface area (TPSA) is 91.3 Å². The van der Waals surface area contributed by atoms with Crippen molar-refractivity contribution in [2.75, 3.05) is 39.6 Å². The first kappa shape index (κ1) is 18.7. The maximum atomic E-state index is 10.7. The summed E-state index contributed by atoms with van der Waals surface area (Å²) in [6.45, 7) is 5.28. The molecule has 7 heteroatoms. The first-order valence-electron chi connectivity index (χ1n) is 7.04. The molecule has 1 rings (SSSR count). The quantitative estimate of drug-likeness (QED) is 0.354. The number of hydrogen-bond donors (Lipinski definition) is 1. The van der Waals surface area contributed by atoms with Gasteiger partial charge in [0.1, 0.15) is 19.0 Å². The standard InChI is InChI=1S/C16H20O7/c1-2-15(17)23-12-10-21-8-7-20-9-11-22-14-5-3-13(4-6-14)16(18)19/h2-6H,1,7-12H2,(H,18,19). The lowest BCUT2D eigenvalue weighted by Crippen LogP contribution is -2.13. The zero-order valence-corrected chi connectivity index (χ0v) is 12.7. The van der Waals surface area contributed by atoms with Gasteiger partial charge in [0.15, 0.2) is 0 Å². The fourth-order valence-electron chi connectivity index (χ4n) is 1.49. The monoisotopic (exact) mass is 324 g/mol. The molecule has 0 saturated heterocycles. The van der Waals surface area contributed by atoms with E-state index in [2.05, 4.69) is 6.58 Å². The molecule has 0 aliphatic rings. The Morgan fingerprint density at radius 1 is 0.957 bits per heavy atom. The van der Waals surface area contributed by atoms with Crippen molar-refractivity contribution < 1.29 is 33.6 Å². The molecule has 0 saturated carbocycles. The zero-order chi connectivity index (χ0) is 16.9. The molecular weight excluding hydrogens is 304 g/mol. The van der Waals surface area contributed by atoms with Gasteiger partial charge in [0.25, 0.3) is 0 Å². The van der Waals surface area contributed by atoms with Crippen molar-refractivity contribution in [1.29, 1.82) is 0 Å². The van der Waals surface area contributed by atoms with Crippen LogP contribution >= 0.6 is 0 Å². The molecule has 0 radical (unpaired) electrons. The van der Waals surface area contributed by atoms with E-state index < -0.39 is 11.9 Å². The maximum absolute atomic E-state index is 10.7. The van der Waals surface area contributed by atoms with Crippen molar-refractivity contribution in [2.24, 2.45) is 0 Å². The molecule has 0 aliphatic heterocycles. The Hall–Kier alpha value is -2.38. The van der Waals surface area contributed by atoms with E-state index in [-0.39, 0.29) is 12.2 Å². The number of carboxylic acid groups (broad SMARTS) is 1. The fraction of sp³-hybridized carbons (Fsp3) is 0.375. The molecule has 23 heavy (non-hydrogen) atoms. The smallest absolute Gasteiger partial charge is 0.335 e. The molecule has 0 aromatic heterocycles. The number of hydrogen-bond acceptors (Lipinski definition) is 6. The summed E-state index contributed by atoms with van der Waals surface area (Å²) in [6.07, 6.45) is 1.10. The minimum absolute atomic E-state index is 0.181. The van der Waals surface area contributed by atoms with Crippen LogP contribution in [0.15, 0.2) is 36.9 Å². The third-order valence-electron chi connectivity index (χ3n) is 2.61. The number of aromatic carboxylic acids is 1. The molecule has 0 bridgehead atoms. The van der Waals surface area contributed by atoms with Crippen molar-refractivity contribution in [1.82, 2.24) is 0 Å². The van der Waals surface area contributed by atoms with Crippen molar-refractivity contribution in [3.63, 3.8) is 0 Å². The Morgan fingerprint density at radius 3 is 2.09 bits per heavy atom. The van der Waals surface area contributed by atoms with Crippen LogP contribution in [0.5, 0.6) is 5.75 Å². The average molecular weight is 324 g/mol. The number of ether oxygens (including phenoxy) is 4. The Bertz CT molecular complexity index is 496. The molecule has 1 N–H and O–H groups in total. The maximum Gasteiger partial charge on any atom is 0.335 e. The summed E-state index contributed by atoms with van der Waals surface area (Å²) in [5, 5.41) is 8.76. The van der Waals surface area contributed by atoms with Crippen LogP contribution in [0.25, 0.3) is 0 Å². The van der Waals surface area contributed by atoms with E-state index in [1.807, 2.05) is 0 Å². The normalized spacial score (nSPS) is 10.1. The van der Waals surface area contributed by atoms with Gasteiger partial charge in [-0.15, -0.1) is 0 Å². The van der Waals surface area contributed by atoms with Gasteiger partial charge in [-0.05, 0) is 24.3 Å². The fourth-order valence-corrected chi connectivity index (χ4v) is 1.49. The van der Waals surface area contributed by atoms with Crippen molar-refractivity contribution in [2.45, 2.75) is 0 Å². The molecule has 0 amide bonds. The lowest BCUT2D eigenvalue weighted by molar-refractivity contribution is -0.139. The lowest BCUT2D eigenvalue weighted by Gasteiger charge is -2.08. The summed E-state index contributed by atoms with van der Waals surface area (Å²) in [6, 6.07) is 6.14. The predicted octanol–water partition coefficient (Wildman–Crippen LogP) is 1.53. The van der Waals surface area contributed by atoms with Crippen LogP contribution in [0.2, 0.25) is 0 Å². The summed E-state index contributed by atoms with van der Waals surface area (Å²) in [4.78, 5) is 21.4. The van der Waals surface area contributed by atoms with Crippen LogP contribution in [0.1, 0.15) is 10.4 Å². The van der Waals surface area contributed by atoms with E-state index in [1.54, 1.807) is 12.1 Å². The third-order valence-corrected chi connectivity index (χ3v) is 2.61. The molecule has 1 aromatic carbocycles. The summed E-state index contributed by atoms with van der Waals surface area (Å²) < 4.78 is 20.6. The van der Waals surface area contributed by atoms with E-state index in [0.717, 1.165) is 6.08 Å². The highest BCUT2D eigenvalue weighted by atomic mass is 16.6. The molecule has 0 spiro atoms. The number of esters is 1. The molecule has 1 aromatic rings. The van der Waals surface area contributed by atoms with Crippen LogP contribution in [0.4, 0.5) is 0 Å². The highest BCUT2D eigenvalue weighted by molar-refractivity contribution is 5.87. The van der Waals surface area contributed by atoms with E-state index >= 15 is 0 Å². The van der Waals surface area contributed by atoms with Gasteiger partial charge in [-0.1, -0.05) is 6.58 Å². The molecule has 0 fully saturated rings. The minimum atomic E-state index is -0.973. The van der Waals surface area contributed by atoms with Gasteiger partial charge in [0, 0.05) is 6.08 Å². The van der Waals surface area contributed by atoms with Gasteiger partial charge in [-0.3, -0.25) is 0 Å². The molecule has 0 heterocycles. The Morgan fingerprint density at radius 2 is 1.52 bits per heavy atom. The molecular formula is C16H20O7. The predicted molar refractivity (Wildman–Crippen MR) is 81.7 cm³/mol. The second kappa shape index (κ2) is 11.2. The second-order valence-electron chi connectivity index (χ2n) is 4.27. The Balaban J connectivity index is 1.96. The lowest BCUT2D eigenvalue weighted by atomic mass is 10.2. The van der Waals surface area contributed by atoms with Crippen LogP contribution in [0.3, 0.4) is 0 Å². The van der Waals surface area contributed by atoms with Crippen LogP contribution in [-0.4, -0.2) is 56.7 Å². The molecule has 0 atom stereocenters. The summed E-state index contributed by atoms with van der Waals surface area (Å²) in [7, 11) is 0. The molecule has 0 unspecified atom stereocenters. The van der Waals surface area contributed by atoms with Gasteiger partial charge in [0.2, 0.25) is 0 Å². The van der Waals surface area contributed by atoms with Gasteiger partial charge >= 0.3 is 11.9 Å². The SMILES string of the molecule is C=CC(=O)OCCOCCOCCOc1ccc(C(=O)O)cc1. The number of benzene rings is 1. The summed E-state index contributed by atoms with van der Waals surface area (Å²) in [5.41, 5.74) is 0.213. The zero-order valence-electron chi connectivity index (χ0n) is 12.7. The molecule has 0 aliphatic carbocycles. The van der Waals surface area contributed by atoms with Crippen LogP contribution in [-0.2, 0) is 19.0 Å². The van der Waals surface area contributed by atoms with Gasteiger partial charge in [0.05, 0.1) is 32.0 Å². The molecule has 126 valence electrons. The summed E-state index contributed by atoms with van der Waals surface area (Å²) >= 11 is 0. The second-order valence-corrected chi connectivity index (χ2v) is 4.27. The van der Waals surface area contributed by atoms with Crippen molar-refractivity contribution in [3.05, 3.63) is 42.5 Å². The largest absolute Gasteiger partial charge is 0.491 e. The first-order chi connectivity index (χ1) is 11.1. The average Bonchev–Trinajstić information content (AvgIpc) is 2.56. The number of carbonyl (C=O) groups excluding carboxylic acids is 1. The van der Waals surface area contributed by atoms with Crippen LogP contribution in [0, 0.1) is 0 Å². The first-order valence-corrected chi connectivity index (χ1v) is 7.04. The Labute approximate surface area is 134 Å². The van der Waals surface area contributed by atoms with Gasteiger partial charge in [-0.25, -0.2) is 9.59 Å². The van der Waals surface area contributed by atoms with Gasteiger partial charge in [-0.2, -0.15) is 0 Å². The highest BCUT2D eigenvalue weighted by Crippen LogP contribution is 2.11. The van der Waals surface area contributed by atoms with E-state index in [1.165, 1.54) is 12.1 Å². The van der Waals surface area contributed by atoms with E-state index in [9.17, 15) is 9.59 Å². The summed E-state index contributed by atoms with van der Waals surface area (Å²) in [5.74, 6) is -0.864. The number of rotatable bonds is 12. The van der Waals surface area contributed by atoms with E-state index in [4.69, 9.17) is 24.1 Å². The third kappa shape index (κ3) is 8.60. The number of carbonyl (C=O) groups is 2. The van der Waals surface area contributed by atoms with Gasteiger partial charge < -0.3 is 24.1 Å². The van der Waals surface area contributed by atoms with Crippen molar-refractivity contribution in [3.8, 4) is 5.75 Å². The van der Waals surface area contributed by atoms with Crippen molar-refractivity contribution >= 4 is 11.9 Å². The minimum Gasteiger partial charge on any atom is -0.491 e. The molecule has 7 nitrogen and oxygen atoms in total. The Kier molecular flexibility index (Phi) is 9.11. The highest BCUT2D eigenvalue weighted by Gasteiger charge is 2.02.